The lowest BCUT2D eigenvalue weighted by Gasteiger charge is -2.32. The fraction of sp³-hybridized carbons (Fsp3) is 0.611. The van der Waals surface area contributed by atoms with E-state index >= 15 is 0 Å². The van der Waals surface area contributed by atoms with Gasteiger partial charge < -0.3 is 15.0 Å². The summed E-state index contributed by atoms with van der Waals surface area (Å²) in [6.45, 7) is 0.869. The minimum absolute atomic E-state index is 0. The average molecular weight is 564 g/mol. The Morgan fingerprint density at radius 1 is 1.27 bits per heavy atom. The van der Waals surface area contributed by atoms with Gasteiger partial charge in [-0.2, -0.15) is 17.5 Å². The van der Waals surface area contributed by atoms with Crippen molar-refractivity contribution >= 4 is 40.0 Å². The van der Waals surface area contributed by atoms with Crippen LogP contribution in [0.15, 0.2) is 29.3 Å². The molecule has 0 aromatic heterocycles. The molecular weight excluding hydrogens is 536 g/mol. The van der Waals surface area contributed by atoms with E-state index in [4.69, 9.17) is 4.74 Å². The first-order valence-electron chi connectivity index (χ1n) is 9.19. The number of benzene rings is 1. The second-order valence-electron chi connectivity index (χ2n) is 6.93. The number of guanidine groups is 1. The molecule has 1 aliphatic heterocycles. The minimum atomic E-state index is -5.25. The number of alkyl halides is 3. The lowest BCUT2D eigenvalue weighted by Crippen LogP contribution is -2.47. The van der Waals surface area contributed by atoms with Crippen LogP contribution in [0.3, 0.4) is 0 Å². The molecule has 0 atom stereocenters. The lowest BCUT2D eigenvalue weighted by molar-refractivity contribution is -0.0496. The van der Waals surface area contributed by atoms with Crippen molar-refractivity contribution in [2.24, 2.45) is 10.9 Å². The Hall–Kier alpha value is -1.28. The molecule has 0 radical (unpaired) electrons. The third-order valence-electron chi connectivity index (χ3n) is 4.91. The number of ether oxygens (including phenoxy) is 1. The van der Waals surface area contributed by atoms with Gasteiger partial charge >= 0.3 is 15.5 Å². The van der Waals surface area contributed by atoms with Crippen LogP contribution in [0.4, 0.5) is 13.2 Å². The molecule has 1 saturated heterocycles. The molecule has 172 valence electrons. The Morgan fingerprint density at radius 2 is 1.83 bits per heavy atom. The number of methoxy groups -OCH3 is 1. The average Bonchev–Trinajstić information content (AvgIpc) is 2.68. The maximum atomic E-state index is 12.7. The molecule has 0 aliphatic carbocycles. The predicted octanol–water partition coefficient (Wildman–Crippen LogP) is 2.88. The fourth-order valence-corrected chi connectivity index (χ4v) is 4.18. The van der Waals surface area contributed by atoms with Gasteiger partial charge in [-0.05, 0) is 36.5 Å². The molecule has 0 unspecified atom stereocenters. The number of rotatable bonds is 6. The normalized spacial score (nSPS) is 16.7. The smallest absolute Gasteiger partial charge is 0.497 e. The topological polar surface area (TPSA) is 74.2 Å². The molecule has 1 N–H and O–H groups in total. The SMILES string of the molecule is CN=C(NCC1CCN(S(=O)(=O)C(F)(F)F)CC1)N(C)Cc1ccc(OC)cc1.I. The minimum Gasteiger partial charge on any atom is -0.497 e. The van der Waals surface area contributed by atoms with E-state index in [0.29, 0.717) is 36.2 Å². The molecule has 7 nitrogen and oxygen atoms in total. The summed E-state index contributed by atoms with van der Waals surface area (Å²) in [6.07, 6.45) is 0.725. The van der Waals surface area contributed by atoms with Crippen LogP contribution in [0.5, 0.6) is 5.75 Å². The van der Waals surface area contributed by atoms with E-state index in [1.165, 1.54) is 0 Å². The van der Waals surface area contributed by atoms with Gasteiger partial charge in [-0.3, -0.25) is 4.99 Å². The molecule has 0 amide bonds. The van der Waals surface area contributed by atoms with Crippen LogP contribution in [0.25, 0.3) is 0 Å². The van der Waals surface area contributed by atoms with Crippen molar-refractivity contribution in [1.29, 1.82) is 0 Å². The number of halogens is 4. The van der Waals surface area contributed by atoms with E-state index in [1.807, 2.05) is 36.2 Å². The molecule has 1 fully saturated rings. The summed E-state index contributed by atoms with van der Waals surface area (Å²) >= 11 is 0. The molecule has 1 aliphatic rings. The van der Waals surface area contributed by atoms with Gasteiger partial charge in [0.05, 0.1) is 7.11 Å². The Balaban J connectivity index is 0.00000450. The van der Waals surface area contributed by atoms with Crippen molar-refractivity contribution in [1.82, 2.24) is 14.5 Å². The number of piperidine rings is 1. The highest BCUT2D eigenvalue weighted by Crippen LogP contribution is 2.30. The highest BCUT2D eigenvalue weighted by Gasteiger charge is 2.50. The number of hydrogen-bond donors (Lipinski definition) is 1. The highest BCUT2D eigenvalue weighted by atomic mass is 127. The van der Waals surface area contributed by atoms with Crippen LogP contribution in [-0.4, -0.2) is 69.9 Å². The van der Waals surface area contributed by atoms with Gasteiger partial charge in [-0.1, -0.05) is 12.1 Å². The lowest BCUT2D eigenvalue weighted by atomic mass is 9.98. The summed E-state index contributed by atoms with van der Waals surface area (Å²) in [5.41, 5.74) is -4.17. The van der Waals surface area contributed by atoms with Crippen molar-refractivity contribution in [3.63, 3.8) is 0 Å². The van der Waals surface area contributed by atoms with E-state index in [2.05, 4.69) is 10.3 Å². The zero-order chi connectivity index (χ0) is 21.7. The molecule has 1 aromatic rings. The van der Waals surface area contributed by atoms with Crippen molar-refractivity contribution in [2.75, 3.05) is 40.8 Å². The van der Waals surface area contributed by atoms with Gasteiger partial charge in [-0.25, -0.2) is 8.42 Å². The number of nitrogens with zero attached hydrogens (tertiary/aromatic N) is 3. The van der Waals surface area contributed by atoms with Gasteiger partial charge in [0.15, 0.2) is 5.96 Å². The maximum Gasteiger partial charge on any atom is 0.511 e. The second-order valence-corrected chi connectivity index (χ2v) is 8.85. The van der Waals surface area contributed by atoms with Gasteiger partial charge in [-0.15, -0.1) is 24.0 Å². The first-order chi connectivity index (χ1) is 13.6. The molecule has 12 heteroatoms. The standard InChI is InChI=1S/C18H27F3N4O3S.HI/c1-22-17(24(2)13-15-4-6-16(28-3)7-5-15)23-12-14-8-10-25(11-9-14)29(26,27)18(19,20)21;/h4-7,14H,8-13H2,1-3H3,(H,22,23);1H. The third-order valence-corrected chi connectivity index (χ3v) is 6.54. The quantitative estimate of drug-likeness (QED) is 0.327. The zero-order valence-corrected chi connectivity index (χ0v) is 20.3. The Bertz CT molecular complexity index is 796. The maximum absolute atomic E-state index is 12.7. The van der Waals surface area contributed by atoms with Crippen molar-refractivity contribution in [2.45, 2.75) is 24.9 Å². The first kappa shape index (κ1) is 26.8. The molecule has 30 heavy (non-hydrogen) atoms. The molecule has 2 rings (SSSR count). The van der Waals surface area contributed by atoms with Crippen LogP contribution >= 0.6 is 24.0 Å². The molecular formula is C18H28F3IN4O3S. The summed E-state index contributed by atoms with van der Waals surface area (Å²) in [7, 11) is -0.0878. The number of aliphatic imine (C=N–C) groups is 1. The molecule has 0 saturated carbocycles. The summed E-state index contributed by atoms with van der Waals surface area (Å²) in [6, 6.07) is 7.67. The predicted molar refractivity (Wildman–Crippen MR) is 121 cm³/mol. The van der Waals surface area contributed by atoms with Crippen molar-refractivity contribution in [3.05, 3.63) is 29.8 Å². The Kier molecular flexibility index (Phi) is 10.1. The Labute approximate surface area is 192 Å². The summed E-state index contributed by atoms with van der Waals surface area (Å²) in [5.74, 6) is 1.50. The van der Waals surface area contributed by atoms with Gasteiger partial charge in [0.1, 0.15) is 5.75 Å². The van der Waals surface area contributed by atoms with Crippen molar-refractivity contribution in [3.8, 4) is 5.75 Å². The number of nitrogens with one attached hydrogen (secondary N) is 1. The van der Waals surface area contributed by atoms with Gasteiger partial charge in [0.25, 0.3) is 0 Å². The molecule has 1 aromatic carbocycles. The molecule has 0 spiro atoms. The van der Waals surface area contributed by atoms with Gasteiger partial charge in [0.2, 0.25) is 0 Å². The molecule has 0 bridgehead atoms. The third kappa shape index (κ3) is 6.87. The zero-order valence-electron chi connectivity index (χ0n) is 17.1. The monoisotopic (exact) mass is 564 g/mol. The molecule has 1 heterocycles. The number of sulfonamides is 1. The van der Waals surface area contributed by atoms with E-state index in [9.17, 15) is 21.6 Å². The van der Waals surface area contributed by atoms with Crippen LogP contribution in [0, 0.1) is 5.92 Å². The van der Waals surface area contributed by atoms with Crippen LogP contribution in [-0.2, 0) is 16.6 Å². The van der Waals surface area contributed by atoms with Gasteiger partial charge in [0, 0.05) is 40.3 Å². The van der Waals surface area contributed by atoms with E-state index in [0.717, 1.165) is 11.3 Å². The summed E-state index contributed by atoms with van der Waals surface area (Å²) in [4.78, 5) is 6.18. The van der Waals surface area contributed by atoms with Crippen LogP contribution in [0.2, 0.25) is 0 Å². The first-order valence-corrected chi connectivity index (χ1v) is 10.6. The highest BCUT2D eigenvalue weighted by molar-refractivity contribution is 14.0. The summed E-state index contributed by atoms with van der Waals surface area (Å²) < 4.78 is 66.6. The van der Waals surface area contributed by atoms with E-state index in [1.54, 1.807) is 14.2 Å². The fourth-order valence-electron chi connectivity index (χ4n) is 3.20. The van der Waals surface area contributed by atoms with E-state index in [-0.39, 0.29) is 43.0 Å². The number of hydrogen-bond acceptors (Lipinski definition) is 4. The van der Waals surface area contributed by atoms with Crippen LogP contribution < -0.4 is 10.1 Å². The van der Waals surface area contributed by atoms with Crippen LogP contribution in [0.1, 0.15) is 18.4 Å². The largest absolute Gasteiger partial charge is 0.511 e. The second kappa shape index (κ2) is 11.4. The summed E-state index contributed by atoms with van der Waals surface area (Å²) in [5, 5.41) is 3.23. The van der Waals surface area contributed by atoms with E-state index < -0.39 is 15.5 Å². The Morgan fingerprint density at radius 3 is 2.30 bits per heavy atom. The van der Waals surface area contributed by atoms with Crippen molar-refractivity contribution < 1.29 is 26.3 Å².